The lowest BCUT2D eigenvalue weighted by Crippen LogP contribution is -2.58. The fourth-order valence-corrected chi connectivity index (χ4v) is 3.81. The smallest absolute Gasteiger partial charge is 0.0465 e. The summed E-state index contributed by atoms with van der Waals surface area (Å²) < 4.78 is 0. The van der Waals surface area contributed by atoms with Crippen molar-refractivity contribution in [3.8, 4) is 0 Å². The summed E-state index contributed by atoms with van der Waals surface area (Å²) in [5.74, 6) is 3.30. The standard InChI is InChI=1S/C10H17NO/c12-6-10-8-1-7-2-9(10)5-11(3-7)4-8/h7-10,12H,1-6H2. The lowest BCUT2D eigenvalue weighted by atomic mass is 9.62. The predicted octanol–water partition coefficient (Wildman–Crippen LogP) is 0.567. The molecule has 4 rings (SSSR count). The molecule has 0 amide bonds. The van der Waals surface area contributed by atoms with Crippen molar-refractivity contribution in [3.63, 3.8) is 0 Å². The van der Waals surface area contributed by atoms with Crippen LogP contribution in [0.3, 0.4) is 0 Å². The molecule has 4 aliphatic rings. The van der Waals surface area contributed by atoms with Gasteiger partial charge in [-0.3, -0.25) is 0 Å². The Morgan fingerprint density at radius 1 is 1.08 bits per heavy atom. The second-order valence-electron chi connectivity index (χ2n) is 4.92. The molecule has 0 spiro atoms. The summed E-state index contributed by atoms with van der Waals surface area (Å²) in [5.41, 5.74) is 0. The first-order valence-corrected chi connectivity index (χ1v) is 5.20. The van der Waals surface area contributed by atoms with E-state index in [9.17, 15) is 5.11 Å². The highest BCUT2D eigenvalue weighted by molar-refractivity contribution is 4.98. The first-order valence-electron chi connectivity index (χ1n) is 5.20. The molecule has 4 bridgehead atoms. The maximum atomic E-state index is 9.28. The van der Waals surface area contributed by atoms with Crippen LogP contribution in [0.15, 0.2) is 0 Å². The van der Waals surface area contributed by atoms with Crippen molar-refractivity contribution in [1.29, 1.82) is 0 Å². The van der Waals surface area contributed by atoms with Crippen LogP contribution in [0.2, 0.25) is 0 Å². The molecule has 0 aromatic heterocycles. The van der Waals surface area contributed by atoms with Crippen LogP contribution >= 0.6 is 0 Å². The molecule has 68 valence electrons. The van der Waals surface area contributed by atoms with Crippen LogP contribution in [0.4, 0.5) is 0 Å². The van der Waals surface area contributed by atoms with E-state index in [0.717, 1.165) is 17.8 Å². The van der Waals surface area contributed by atoms with Crippen LogP contribution in [-0.2, 0) is 0 Å². The first-order chi connectivity index (χ1) is 5.86. The summed E-state index contributed by atoms with van der Waals surface area (Å²) in [6.45, 7) is 4.34. The molecule has 0 radical (unpaired) electrons. The zero-order valence-corrected chi connectivity index (χ0v) is 7.45. The molecule has 2 heteroatoms. The van der Waals surface area contributed by atoms with E-state index in [-0.39, 0.29) is 0 Å². The number of hydrogen-bond acceptors (Lipinski definition) is 2. The first kappa shape index (κ1) is 7.34. The van der Waals surface area contributed by atoms with E-state index in [2.05, 4.69) is 4.90 Å². The minimum Gasteiger partial charge on any atom is -0.396 e. The number of rotatable bonds is 1. The third kappa shape index (κ3) is 0.882. The van der Waals surface area contributed by atoms with Crippen molar-refractivity contribution in [3.05, 3.63) is 0 Å². The van der Waals surface area contributed by atoms with E-state index < -0.39 is 0 Å². The Bertz CT molecular complexity index is 164. The van der Waals surface area contributed by atoms with E-state index >= 15 is 0 Å². The maximum absolute atomic E-state index is 9.28. The molecule has 4 fully saturated rings. The second-order valence-corrected chi connectivity index (χ2v) is 4.92. The van der Waals surface area contributed by atoms with Crippen molar-refractivity contribution < 1.29 is 5.11 Å². The van der Waals surface area contributed by atoms with Crippen LogP contribution < -0.4 is 0 Å². The van der Waals surface area contributed by atoms with Gasteiger partial charge in [-0.1, -0.05) is 0 Å². The van der Waals surface area contributed by atoms with Crippen LogP contribution in [0, 0.1) is 23.7 Å². The largest absolute Gasteiger partial charge is 0.396 e. The van der Waals surface area contributed by atoms with Crippen molar-refractivity contribution >= 4 is 0 Å². The van der Waals surface area contributed by atoms with E-state index in [0.29, 0.717) is 12.5 Å². The van der Waals surface area contributed by atoms with E-state index in [1.165, 1.54) is 32.5 Å². The van der Waals surface area contributed by atoms with Gasteiger partial charge in [-0.25, -0.2) is 0 Å². The van der Waals surface area contributed by atoms with E-state index in [1.807, 2.05) is 0 Å². The zero-order valence-electron chi connectivity index (χ0n) is 7.45. The summed E-state index contributed by atoms with van der Waals surface area (Å²) in [5, 5.41) is 9.28. The predicted molar refractivity (Wildman–Crippen MR) is 46.7 cm³/mol. The topological polar surface area (TPSA) is 23.5 Å². The number of hydrogen-bond donors (Lipinski definition) is 1. The van der Waals surface area contributed by atoms with Gasteiger partial charge >= 0.3 is 0 Å². The molecule has 1 saturated carbocycles. The SMILES string of the molecule is OCC1C2CC3CC1CN(C3)C2. The van der Waals surface area contributed by atoms with Gasteiger partial charge in [-0.15, -0.1) is 0 Å². The minimum absolute atomic E-state index is 0.440. The van der Waals surface area contributed by atoms with Crippen LogP contribution in [-0.4, -0.2) is 36.2 Å². The Balaban J connectivity index is 1.86. The summed E-state index contributed by atoms with van der Waals surface area (Å²) in [7, 11) is 0. The molecule has 3 heterocycles. The number of piperidine rings is 3. The fourth-order valence-electron chi connectivity index (χ4n) is 3.81. The summed E-state index contributed by atoms with van der Waals surface area (Å²) in [6.07, 6.45) is 2.80. The minimum atomic E-state index is 0.440. The number of nitrogens with zero attached hydrogens (tertiary/aromatic N) is 1. The molecule has 2 nitrogen and oxygen atoms in total. The van der Waals surface area contributed by atoms with Gasteiger partial charge in [0, 0.05) is 26.2 Å². The molecule has 1 aliphatic carbocycles. The van der Waals surface area contributed by atoms with Crippen LogP contribution in [0.25, 0.3) is 0 Å². The highest BCUT2D eigenvalue weighted by atomic mass is 16.3. The Hall–Kier alpha value is -0.0800. The van der Waals surface area contributed by atoms with Gasteiger partial charge < -0.3 is 10.0 Å². The van der Waals surface area contributed by atoms with Gasteiger partial charge in [-0.2, -0.15) is 0 Å². The highest BCUT2D eigenvalue weighted by Gasteiger charge is 2.46. The maximum Gasteiger partial charge on any atom is 0.0465 e. The monoisotopic (exact) mass is 167 g/mol. The quantitative estimate of drug-likeness (QED) is 0.617. The van der Waals surface area contributed by atoms with Crippen LogP contribution in [0.5, 0.6) is 0 Å². The van der Waals surface area contributed by atoms with Crippen molar-refractivity contribution in [2.45, 2.75) is 12.8 Å². The molecular formula is C10H17NO. The number of aliphatic hydroxyl groups excluding tert-OH is 1. The second kappa shape index (κ2) is 2.46. The normalized spacial score (nSPS) is 56.2. The Labute approximate surface area is 73.6 Å². The van der Waals surface area contributed by atoms with Gasteiger partial charge in [0.05, 0.1) is 0 Å². The lowest BCUT2D eigenvalue weighted by molar-refractivity contribution is -0.0802. The molecule has 0 aromatic carbocycles. The molecule has 3 saturated heterocycles. The molecule has 1 N–H and O–H groups in total. The molecule has 2 atom stereocenters. The molecular weight excluding hydrogens is 150 g/mol. The third-order valence-electron chi connectivity index (χ3n) is 4.20. The average Bonchev–Trinajstić information content (AvgIpc) is 2.02. The van der Waals surface area contributed by atoms with Crippen molar-refractivity contribution in [1.82, 2.24) is 4.90 Å². The van der Waals surface area contributed by atoms with Gasteiger partial charge in [0.15, 0.2) is 0 Å². The van der Waals surface area contributed by atoms with Crippen molar-refractivity contribution in [2.75, 3.05) is 26.2 Å². The molecule has 3 aliphatic heterocycles. The molecule has 0 aromatic rings. The summed E-state index contributed by atoms with van der Waals surface area (Å²) in [4.78, 5) is 2.61. The van der Waals surface area contributed by atoms with Gasteiger partial charge in [0.1, 0.15) is 0 Å². The third-order valence-corrected chi connectivity index (χ3v) is 4.20. The van der Waals surface area contributed by atoms with Gasteiger partial charge in [0.25, 0.3) is 0 Å². The highest BCUT2D eigenvalue weighted by Crippen LogP contribution is 2.46. The number of aliphatic hydroxyl groups is 1. The van der Waals surface area contributed by atoms with Crippen LogP contribution in [0.1, 0.15) is 12.8 Å². The Morgan fingerprint density at radius 2 is 1.75 bits per heavy atom. The molecule has 2 unspecified atom stereocenters. The summed E-state index contributed by atoms with van der Waals surface area (Å²) in [6, 6.07) is 0. The summed E-state index contributed by atoms with van der Waals surface area (Å²) >= 11 is 0. The van der Waals surface area contributed by atoms with Gasteiger partial charge in [0.2, 0.25) is 0 Å². The Morgan fingerprint density at radius 3 is 2.25 bits per heavy atom. The fraction of sp³-hybridized carbons (Fsp3) is 1.00. The van der Waals surface area contributed by atoms with Crippen molar-refractivity contribution in [2.24, 2.45) is 23.7 Å². The Kier molecular flexibility index (Phi) is 1.50. The zero-order chi connectivity index (χ0) is 8.13. The van der Waals surface area contributed by atoms with Gasteiger partial charge in [-0.05, 0) is 36.5 Å². The lowest BCUT2D eigenvalue weighted by Gasteiger charge is -2.55. The van der Waals surface area contributed by atoms with E-state index in [4.69, 9.17) is 0 Å². The molecule has 12 heavy (non-hydrogen) atoms. The average molecular weight is 167 g/mol. The van der Waals surface area contributed by atoms with E-state index in [1.54, 1.807) is 0 Å².